The van der Waals surface area contributed by atoms with Gasteiger partial charge in [-0.25, -0.2) is 0 Å². The highest BCUT2D eigenvalue weighted by atomic mass is 16.5. The number of carbonyl (C=O) groups is 1. The fourth-order valence-electron chi connectivity index (χ4n) is 13.4. The van der Waals surface area contributed by atoms with Crippen LogP contribution in [0.4, 0.5) is 0 Å². The number of aliphatic hydroxyl groups is 2. The number of ether oxygens (including phenoxy) is 1. The Morgan fingerprint density at radius 2 is 1.31 bits per heavy atom. The van der Waals surface area contributed by atoms with E-state index in [0.29, 0.717) is 18.3 Å². The monoisotopic (exact) mass is 727 g/mol. The molecule has 10 unspecified atom stereocenters. The van der Waals surface area contributed by atoms with Gasteiger partial charge in [0, 0.05) is 11.8 Å². The topological polar surface area (TPSA) is 66.8 Å². The van der Waals surface area contributed by atoms with E-state index >= 15 is 0 Å². The molecule has 4 saturated carbocycles. The van der Waals surface area contributed by atoms with Gasteiger partial charge in [0.15, 0.2) is 0 Å². The Morgan fingerprint density at radius 1 is 0.769 bits per heavy atom. The summed E-state index contributed by atoms with van der Waals surface area (Å²) in [6.07, 6.45) is 31.2. The zero-order chi connectivity index (χ0) is 38.2. The third kappa shape index (κ3) is 9.73. The highest BCUT2D eigenvalue weighted by Gasteiger charge is 2.71. The third-order valence-corrected chi connectivity index (χ3v) is 16.5. The lowest BCUT2D eigenvalue weighted by Gasteiger charge is -2.71. The van der Waals surface area contributed by atoms with Gasteiger partial charge in [0.2, 0.25) is 0 Å². The zero-order valence-electron chi connectivity index (χ0n) is 35.9. The molecule has 0 bridgehead atoms. The predicted octanol–water partition coefficient (Wildman–Crippen LogP) is 13.3. The molecule has 0 saturated heterocycles. The van der Waals surface area contributed by atoms with Gasteiger partial charge in [0.1, 0.15) is 6.10 Å². The van der Waals surface area contributed by atoms with Crippen LogP contribution in [0.2, 0.25) is 0 Å². The Bertz CT molecular complexity index is 1140. The van der Waals surface area contributed by atoms with Crippen LogP contribution in [0.25, 0.3) is 0 Å². The fraction of sp³-hybridized carbons (Fsp3) is 0.938. The molecule has 4 heteroatoms. The van der Waals surface area contributed by atoms with Crippen molar-refractivity contribution in [2.24, 2.45) is 45.3 Å². The first-order valence-corrected chi connectivity index (χ1v) is 22.8. The minimum Gasteiger partial charge on any atom is -0.462 e. The van der Waals surface area contributed by atoms with Crippen molar-refractivity contribution in [1.82, 2.24) is 0 Å². The average molecular weight is 727 g/mol. The van der Waals surface area contributed by atoms with Crippen LogP contribution in [0.1, 0.15) is 223 Å². The van der Waals surface area contributed by atoms with Gasteiger partial charge in [-0.15, -0.1) is 0 Å². The van der Waals surface area contributed by atoms with E-state index in [1.807, 2.05) is 0 Å². The van der Waals surface area contributed by atoms with Crippen LogP contribution in [0.5, 0.6) is 0 Å². The first-order valence-electron chi connectivity index (χ1n) is 22.8. The van der Waals surface area contributed by atoms with E-state index < -0.39 is 5.60 Å². The molecular weight excluding hydrogens is 641 g/mol. The number of hydrogen-bond acceptors (Lipinski definition) is 4. The molecular formula is C48H86O4. The van der Waals surface area contributed by atoms with Gasteiger partial charge in [-0.3, -0.25) is 4.79 Å². The molecule has 4 aliphatic carbocycles. The van der Waals surface area contributed by atoms with Crippen LogP contribution in [-0.4, -0.2) is 34.0 Å². The number of hydrogen-bond donors (Lipinski definition) is 2. The van der Waals surface area contributed by atoms with Crippen LogP contribution < -0.4 is 0 Å². The van der Waals surface area contributed by atoms with Crippen molar-refractivity contribution in [2.75, 3.05) is 0 Å². The number of unbranched alkanes of at least 4 members (excludes halogenated alkanes) is 14. The summed E-state index contributed by atoms with van der Waals surface area (Å²) < 4.78 is 6.36. The number of fused-ring (bicyclic) bond motifs is 5. The second-order valence-electron chi connectivity index (χ2n) is 20.7. The van der Waals surface area contributed by atoms with Crippen molar-refractivity contribution in [3.05, 3.63) is 11.6 Å². The van der Waals surface area contributed by atoms with E-state index in [2.05, 4.69) is 68.4 Å². The van der Waals surface area contributed by atoms with Crippen molar-refractivity contribution in [3.63, 3.8) is 0 Å². The molecule has 2 N–H and O–H groups in total. The molecule has 52 heavy (non-hydrogen) atoms. The number of aliphatic hydroxyl groups excluding tert-OH is 1. The Kier molecular flexibility index (Phi) is 15.9. The van der Waals surface area contributed by atoms with Crippen LogP contribution in [-0.2, 0) is 9.53 Å². The van der Waals surface area contributed by atoms with Gasteiger partial charge in [-0.2, -0.15) is 0 Å². The zero-order valence-corrected chi connectivity index (χ0v) is 35.9. The Morgan fingerprint density at radius 3 is 1.87 bits per heavy atom. The first-order chi connectivity index (χ1) is 24.5. The maximum absolute atomic E-state index is 13.2. The molecule has 0 spiro atoms. The van der Waals surface area contributed by atoms with Crippen molar-refractivity contribution in [3.8, 4) is 0 Å². The van der Waals surface area contributed by atoms with Gasteiger partial charge in [0.25, 0.3) is 0 Å². The number of rotatable bonds is 21. The minimum absolute atomic E-state index is 0.00119. The largest absolute Gasteiger partial charge is 0.462 e. The number of allylic oxidation sites excluding steroid dienone is 2. The quantitative estimate of drug-likeness (QED) is 0.0702. The molecule has 4 rings (SSSR count). The Hall–Kier alpha value is -0.870. The predicted molar refractivity (Wildman–Crippen MR) is 219 cm³/mol. The molecule has 0 aromatic carbocycles. The second kappa shape index (κ2) is 18.8. The third-order valence-electron chi connectivity index (χ3n) is 16.5. The summed E-state index contributed by atoms with van der Waals surface area (Å²) in [5.41, 5.74) is 0.617. The summed E-state index contributed by atoms with van der Waals surface area (Å²) in [5.74, 6) is 1.21. The summed E-state index contributed by atoms with van der Waals surface area (Å²) >= 11 is 0. The number of carbonyl (C=O) groups excluding carboxylic acids is 1. The highest BCUT2D eigenvalue weighted by Crippen LogP contribution is 2.76. The van der Waals surface area contributed by atoms with E-state index in [4.69, 9.17) is 4.74 Å². The summed E-state index contributed by atoms with van der Waals surface area (Å²) in [6, 6.07) is 0. The minimum atomic E-state index is -0.714. The van der Waals surface area contributed by atoms with Gasteiger partial charge >= 0.3 is 5.97 Å². The van der Waals surface area contributed by atoms with E-state index in [1.165, 1.54) is 89.0 Å². The van der Waals surface area contributed by atoms with E-state index in [0.717, 1.165) is 70.6 Å². The van der Waals surface area contributed by atoms with Gasteiger partial charge < -0.3 is 14.9 Å². The molecule has 0 aromatic heterocycles. The summed E-state index contributed by atoms with van der Waals surface area (Å²) in [7, 11) is 0. The van der Waals surface area contributed by atoms with E-state index in [9.17, 15) is 15.0 Å². The molecule has 0 aromatic rings. The van der Waals surface area contributed by atoms with Crippen molar-refractivity contribution >= 4 is 5.97 Å². The normalized spacial score (nSPS) is 36.3. The average Bonchev–Trinajstić information content (AvgIpc) is 3.42. The Labute approximate surface area is 322 Å². The van der Waals surface area contributed by atoms with E-state index in [-0.39, 0.29) is 51.7 Å². The van der Waals surface area contributed by atoms with Crippen molar-refractivity contribution < 1.29 is 19.7 Å². The summed E-state index contributed by atoms with van der Waals surface area (Å²) in [5, 5.41) is 24.1. The van der Waals surface area contributed by atoms with Gasteiger partial charge in [0.05, 0.1) is 11.7 Å². The van der Waals surface area contributed by atoms with Crippen LogP contribution in [0.3, 0.4) is 0 Å². The molecule has 0 aliphatic heterocycles. The van der Waals surface area contributed by atoms with Crippen LogP contribution >= 0.6 is 0 Å². The lowest BCUT2D eigenvalue weighted by atomic mass is 9.35. The molecule has 0 amide bonds. The van der Waals surface area contributed by atoms with Gasteiger partial charge in [-0.05, 0) is 125 Å². The SMILES string of the molecule is CCCCCCCCCCCCCCCCCC(=O)OC1CCC2(C)C(CCC3(C)C2C(O)CC2C(C(C)(O)CCC=C(C)C)CCC23C)C1(C)C. The second-order valence-corrected chi connectivity index (χ2v) is 20.7. The van der Waals surface area contributed by atoms with Gasteiger partial charge in [-0.1, -0.05) is 143 Å². The highest BCUT2D eigenvalue weighted by molar-refractivity contribution is 5.69. The first kappa shape index (κ1) is 43.9. The van der Waals surface area contributed by atoms with E-state index in [1.54, 1.807) is 0 Å². The molecule has 4 fully saturated rings. The lowest BCUT2D eigenvalue weighted by Crippen LogP contribution is -2.67. The van der Waals surface area contributed by atoms with Crippen molar-refractivity contribution in [1.29, 1.82) is 0 Å². The van der Waals surface area contributed by atoms with Crippen LogP contribution in [0, 0.1) is 45.3 Å². The maximum atomic E-state index is 13.2. The smallest absolute Gasteiger partial charge is 0.306 e. The lowest BCUT2D eigenvalue weighted by molar-refractivity contribution is -0.258. The molecule has 302 valence electrons. The standard InChI is InChI=1S/C48H86O4/c1-10-11-12-13-14-15-16-17-18-19-20-21-22-23-24-27-42(50)52-41-30-32-45(6)40(44(41,4)5)29-34-47(8)43(45)39(49)35-38-37(28-33-46(38,47)7)48(9,51)31-25-26-36(2)3/h26,37-41,43,49,51H,10-25,27-35H2,1-9H3. The number of esters is 1. The Balaban J connectivity index is 1.24. The molecule has 4 nitrogen and oxygen atoms in total. The van der Waals surface area contributed by atoms with Crippen LogP contribution in [0.15, 0.2) is 11.6 Å². The summed E-state index contributed by atoms with van der Waals surface area (Å²) in [6.45, 7) is 20.9. The molecule has 0 radical (unpaired) electrons. The van der Waals surface area contributed by atoms with Crippen molar-refractivity contribution in [2.45, 2.75) is 241 Å². The maximum Gasteiger partial charge on any atom is 0.306 e. The molecule has 10 atom stereocenters. The molecule has 4 aliphatic rings. The molecule has 0 heterocycles. The summed E-state index contributed by atoms with van der Waals surface area (Å²) in [4.78, 5) is 13.2. The fourth-order valence-corrected chi connectivity index (χ4v) is 13.4.